The Morgan fingerprint density at radius 3 is 2.96 bits per heavy atom. The van der Waals surface area contributed by atoms with Crippen LogP contribution in [0.1, 0.15) is 34.4 Å². The van der Waals surface area contributed by atoms with Crippen molar-refractivity contribution in [3.63, 3.8) is 0 Å². The molecule has 2 heterocycles. The van der Waals surface area contributed by atoms with Crippen LogP contribution in [-0.4, -0.2) is 44.2 Å². The van der Waals surface area contributed by atoms with E-state index < -0.39 is 0 Å². The predicted octanol–water partition coefficient (Wildman–Crippen LogP) is 3.33. The lowest BCUT2D eigenvalue weighted by Crippen LogP contribution is -2.28. The van der Waals surface area contributed by atoms with Crippen LogP contribution in [0.2, 0.25) is 0 Å². The fraction of sp³-hybridized carbons (Fsp3) is 0.333. The van der Waals surface area contributed by atoms with Crippen LogP contribution >= 0.6 is 11.5 Å². The zero-order valence-corrected chi connectivity index (χ0v) is 15.5. The van der Waals surface area contributed by atoms with E-state index in [4.69, 9.17) is 0 Å². The maximum Gasteiger partial charge on any atom is 0.267 e. The Bertz CT molecular complexity index is 891. The molecule has 0 radical (unpaired) electrons. The summed E-state index contributed by atoms with van der Waals surface area (Å²) in [6.07, 6.45) is 2.24. The molecule has 0 bridgehead atoms. The van der Waals surface area contributed by atoms with Crippen molar-refractivity contribution in [2.75, 3.05) is 13.6 Å². The molecule has 1 amide bonds. The summed E-state index contributed by atoms with van der Waals surface area (Å²) in [5, 5.41) is 11.2. The molecule has 8 heteroatoms. The zero-order chi connectivity index (χ0) is 18.5. The van der Waals surface area contributed by atoms with Crippen molar-refractivity contribution in [3.05, 3.63) is 52.4 Å². The van der Waals surface area contributed by atoms with E-state index in [1.807, 2.05) is 19.1 Å². The topological polar surface area (TPSA) is 74.8 Å². The number of hydrogen-bond donors (Lipinski definition) is 1. The van der Waals surface area contributed by atoms with Crippen LogP contribution in [0.5, 0.6) is 0 Å². The third kappa shape index (κ3) is 4.13. The minimum Gasteiger partial charge on any atom is -0.341 e. The highest BCUT2D eigenvalue weighted by Crippen LogP contribution is 2.19. The zero-order valence-electron chi connectivity index (χ0n) is 14.7. The second-order valence-corrected chi connectivity index (χ2v) is 6.78. The number of carbonyl (C=O) groups is 1. The molecule has 0 spiro atoms. The van der Waals surface area contributed by atoms with Crippen molar-refractivity contribution in [3.8, 4) is 11.3 Å². The number of benzene rings is 1. The number of carbonyl (C=O) groups excluding carboxylic acids is 1. The van der Waals surface area contributed by atoms with Gasteiger partial charge in [0.05, 0.1) is 11.4 Å². The molecule has 0 aliphatic heterocycles. The third-order valence-corrected chi connectivity index (χ3v) is 4.88. The maximum absolute atomic E-state index is 13.3. The Morgan fingerprint density at radius 1 is 1.35 bits per heavy atom. The van der Waals surface area contributed by atoms with Crippen LogP contribution in [0.25, 0.3) is 11.3 Å². The van der Waals surface area contributed by atoms with Gasteiger partial charge < -0.3 is 4.90 Å². The highest BCUT2D eigenvalue weighted by molar-refractivity contribution is 7.07. The number of aromatic amines is 1. The Morgan fingerprint density at radius 2 is 2.19 bits per heavy atom. The number of rotatable bonds is 7. The van der Waals surface area contributed by atoms with Gasteiger partial charge in [-0.2, -0.15) is 5.10 Å². The molecular weight excluding hydrogens is 353 g/mol. The Kier molecular flexibility index (Phi) is 5.72. The van der Waals surface area contributed by atoms with Gasteiger partial charge in [-0.15, -0.1) is 5.10 Å². The van der Waals surface area contributed by atoms with Gasteiger partial charge in [0.1, 0.15) is 10.7 Å². The molecule has 1 aromatic carbocycles. The maximum atomic E-state index is 13.3. The number of nitrogens with zero attached hydrogens (tertiary/aromatic N) is 4. The molecule has 6 nitrogen and oxygen atoms in total. The van der Waals surface area contributed by atoms with E-state index in [9.17, 15) is 9.18 Å². The minimum absolute atomic E-state index is 0.0399. The highest BCUT2D eigenvalue weighted by Gasteiger charge is 2.18. The van der Waals surface area contributed by atoms with Crippen LogP contribution in [0, 0.1) is 5.82 Å². The molecule has 3 rings (SSSR count). The molecular formula is C18H20FN5OS. The summed E-state index contributed by atoms with van der Waals surface area (Å²) in [5.41, 5.74) is 3.16. The second kappa shape index (κ2) is 8.18. The first-order valence-electron chi connectivity index (χ1n) is 8.45. The fourth-order valence-electron chi connectivity index (χ4n) is 2.67. The van der Waals surface area contributed by atoms with Crippen molar-refractivity contribution in [1.82, 2.24) is 24.7 Å². The van der Waals surface area contributed by atoms with Crippen molar-refractivity contribution >= 4 is 17.4 Å². The van der Waals surface area contributed by atoms with Crippen LogP contribution in [0.15, 0.2) is 30.3 Å². The van der Waals surface area contributed by atoms with E-state index in [1.165, 1.54) is 12.1 Å². The standard InChI is InChI=1S/C18H20FN5OS/c1-3-15-17(26-23-22-15)18(25)24(2)9-5-8-14-11-16(21-20-14)12-6-4-7-13(19)10-12/h4,6-7,10-11H,3,5,8-9H2,1-2H3,(H,20,21). The summed E-state index contributed by atoms with van der Waals surface area (Å²) in [6, 6.07) is 8.27. The molecule has 2 aromatic heterocycles. The van der Waals surface area contributed by atoms with E-state index in [1.54, 1.807) is 18.0 Å². The lowest BCUT2D eigenvalue weighted by molar-refractivity contribution is 0.0797. The smallest absolute Gasteiger partial charge is 0.267 e. The average Bonchev–Trinajstić information content (AvgIpc) is 3.30. The van der Waals surface area contributed by atoms with Crippen LogP contribution in [0.3, 0.4) is 0 Å². The molecule has 0 atom stereocenters. The van der Waals surface area contributed by atoms with E-state index in [-0.39, 0.29) is 11.7 Å². The molecule has 0 aliphatic rings. The molecule has 136 valence electrons. The number of nitrogens with one attached hydrogen (secondary N) is 1. The van der Waals surface area contributed by atoms with Gasteiger partial charge in [-0.1, -0.05) is 23.5 Å². The number of aryl methyl sites for hydroxylation is 2. The number of amides is 1. The minimum atomic E-state index is -0.281. The third-order valence-electron chi connectivity index (χ3n) is 4.12. The van der Waals surface area contributed by atoms with Gasteiger partial charge in [-0.25, -0.2) is 4.39 Å². The summed E-state index contributed by atoms with van der Waals surface area (Å²) >= 11 is 1.14. The molecule has 0 saturated heterocycles. The van der Waals surface area contributed by atoms with Crippen molar-refractivity contribution in [1.29, 1.82) is 0 Å². The first kappa shape index (κ1) is 18.2. The SMILES string of the molecule is CCc1nnsc1C(=O)N(C)CCCc1cc(-c2cccc(F)c2)n[nH]1. The number of hydrogen-bond acceptors (Lipinski definition) is 5. The average molecular weight is 373 g/mol. The van der Waals surface area contributed by atoms with Gasteiger partial charge >= 0.3 is 0 Å². The highest BCUT2D eigenvalue weighted by atomic mass is 32.1. The summed E-state index contributed by atoms with van der Waals surface area (Å²) in [6.45, 7) is 2.58. The Hall–Kier alpha value is -2.61. The lowest BCUT2D eigenvalue weighted by atomic mass is 10.1. The van der Waals surface area contributed by atoms with Gasteiger partial charge in [-0.05, 0) is 49.0 Å². The van der Waals surface area contributed by atoms with Crippen molar-refractivity contribution in [2.24, 2.45) is 0 Å². The summed E-state index contributed by atoms with van der Waals surface area (Å²) in [5.74, 6) is -0.321. The molecule has 1 N–H and O–H groups in total. The van der Waals surface area contributed by atoms with Crippen molar-refractivity contribution in [2.45, 2.75) is 26.2 Å². The molecule has 0 aliphatic carbocycles. The summed E-state index contributed by atoms with van der Waals surface area (Å²) in [4.78, 5) is 14.8. The molecule has 0 saturated carbocycles. The Balaban J connectivity index is 1.54. The molecule has 0 fully saturated rings. The van der Waals surface area contributed by atoms with E-state index in [0.29, 0.717) is 23.5 Å². The fourth-order valence-corrected chi connectivity index (χ4v) is 3.41. The van der Waals surface area contributed by atoms with E-state index >= 15 is 0 Å². The van der Waals surface area contributed by atoms with Gasteiger partial charge in [-0.3, -0.25) is 9.89 Å². The predicted molar refractivity (Wildman–Crippen MR) is 98.6 cm³/mol. The number of halogens is 1. The lowest BCUT2D eigenvalue weighted by Gasteiger charge is -2.15. The van der Waals surface area contributed by atoms with Gasteiger partial charge in [0, 0.05) is 24.8 Å². The van der Waals surface area contributed by atoms with E-state index in [0.717, 1.165) is 41.3 Å². The van der Waals surface area contributed by atoms with Gasteiger partial charge in [0.25, 0.3) is 5.91 Å². The first-order chi connectivity index (χ1) is 12.6. The largest absolute Gasteiger partial charge is 0.341 e. The Labute approximate surface area is 155 Å². The molecule has 26 heavy (non-hydrogen) atoms. The first-order valence-corrected chi connectivity index (χ1v) is 9.22. The molecule has 0 unspecified atom stereocenters. The van der Waals surface area contributed by atoms with Crippen LogP contribution in [0.4, 0.5) is 4.39 Å². The second-order valence-electron chi connectivity index (χ2n) is 6.02. The normalized spacial score (nSPS) is 10.9. The van der Waals surface area contributed by atoms with Crippen LogP contribution < -0.4 is 0 Å². The quantitative estimate of drug-likeness (QED) is 0.689. The van der Waals surface area contributed by atoms with Crippen molar-refractivity contribution < 1.29 is 9.18 Å². The number of H-pyrrole nitrogens is 1. The summed E-state index contributed by atoms with van der Waals surface area (Å²) in [7, 11) is 1.78. The number of aromatic nitrogens is 4. The van der Waals surface area contributed by atoms with Crippen LogP contribution in [-0.2, 0) is 12.8 Å². The van der Waals surface area contributed by atoms with E-state index in [2.05, 4.69) is 19.8 Å². The summed E-state index contributed by atoms with van der Waals surface area (Å²) < 4.78 is 17.2. The van der Waals surface area contributed by atoms with Gasteiger partial charge in [0.2, 0.25) is 0 Å². The molecule has 3 aromatic rings. The van der Waals surface area contributed by atoms with Gasteiger partial charge in [0.15, 0.2) is 0 Å². The monoisotopic (exact) mass is 373 g/mol.